The normalized spacial score (nSPS) is 27.0. The zero-order valence-electron chi connectivity index (χ0n) is 13.0. The molecule has 1 unspecified atom stereocenters. The maximum Gasteiger partial charge on any atom is 0.0227 e. The highest BCUT2D eigenvalue weighted by molar-refractivity contribution is 5.63. The number of rotatable bonds is 4. The van der Waals surface area contributed by atoms with Crippen molar-refractivity contribution < 1.29 is 0 Å². The van der Waals surface area contributed by atoms with E-state index in [0.29, 0.717) is 6.04 Å². The van der Waals surface area contributed by atoms with Gasteiger partial charge in [0, 0.05) is 19.1 Å². The Morgan fingerprint density at radius 3 is 2.18 bits per heavy atom. The van der Waals surface area contributed by atoms with E-state index in [1.807, 2.05) is 0 Å². The van der Waals surface area contributed by atoms with Crippen molar-refractivity contribution >= 4 is 0 Å². The van der Waals surface area contributed by atoms with E-state index in [9.17, 15) is 0 Å². The summed E-state index contributed by atoms with van der Waals surface area (Å²) in [4.78, 5) is 2.61. The Bertz CT molecular complexity index is 597. The minimum atomic E-state index is 0.691. The number of fused-ring (bicyclic) bond motifs is 3. The van der Waals surface area contributed by atoms with Crippen LogP contribution in [0.15, 0.2) is 54.6 Å². The van der Waals surface area contributed by atoms with Crippen molar-refractivity contribution in [2.24, 2.45) is 5.92 Å². The maximum absolute atomic E-state index is 3.79. The zero-order valence-corrected chi connectivity index (χ0v) is 13.0. The fourth-order valence-corrected chi connectivity index (χ4v) is 3.89. The van der Waals surface area contributed by atoms with Crippen LogP contribution in [0.4, 0.5) is 0 Å². The van der Waals surface area contributed by atoms with Crippen molar-refractivity contribution in [3.05, 3.63) is 60.2 Å². The van der Waals surface area contributed by atoms with Crippen LogP contribution in [0.25, 0.3) is 11.1 Å². The molecular weight excluding hydrogens is 268 g/mol. The zero-order chi connectivity index (χ0) is 14.8. The SMILES string of the molecule is c1ccc(-c2ccc(CNC3CN4CCC3CC4)cc2)cc1. The van der Waals surface area contributed by atoms with Gasteiger partial charge >= 0.3 is 0 Å². The van der Waals surface area contributed by atoms with Crippen LogP contribution in [0.2, 0.25) is 0 Å². The van der Waals surface area contributed by atoms with Gasteiger partial charge in [-0.15, -0.1) is 0 Å². The third-order valence-corrected chi connectivity index (χ3v) is 5.29. The average molecular weight is 292 g/mol. The molecule has 22 heavy (non-hydrogen) atoms. The van der Waals surface area contributed by atoms with Crippen molar-refractivity contribution in [3.63, 3.8) is 0 Å². The van der Waals surface area contributed by atoms with Gasteiger partial charge in [-0.25, -0.2) is 0 Å². The summed E-state index contributed by atoms with van der Waals surface area (Å²) in [6.45, 7) is 4.86. The Kier molecular flexibility index (Phi) is 3.96. The molecule has 0 aromatic heterocycles. The lowest BCUT2D eigenvalue weighted by Gasteiger charge is -2.45. The van der Waals surface area contributed by atoms with E-state index in [2.05, 4.69) is 64.8 Å². The van der Waals surface area contributed by atoms with Crippen LogP contribution in [0.5, 0.6) is 0 Å². The van der Waals surface area contributed by atoms with E-state index >= 15 is 0 Å². The van der Waals surface area contributed by atoms with Gasteiger partial charge < -0.3 is 10.2 Å². The van der Waals surface area contributed by atoms with E-state index in [-0.39, 0.29) is 0 Å². The van der Waals surface area contributed by atoms with Gasteiger partial charge in [-0.05, 0) is 48.5 Å². The summed E-state index contributed by atoms with van der Waals surface area (Å²) < 4.78 is 0. The molecule has 5 rings (SSSR count). The largest absolute Gasteiger partial charge is 0.308 e. The minimum absolute atomic E-state index is 0.691. The van der Waals surface area contributed by atoms with Crippen LogP contribution < -0.4 is 5.32 Å². The van der Waals surface area contributed by atoms with Crippen molar-refractivity contribution in [2.75, 3.05) is 19.6 Å². The van der Waals surface area contributed by atoms with Gasteiger partial charge in [0.15, 0.2) is 0 Å². The number of piperidine rings is 3. The Labute approximate surface area is 133 Å². The molecule has 1 atom stereocenters. The first kappa shape index (κ1) is 14.0. The van der Waals surface area contributed by atoms with Crippen molar-refractivity contribution in [1.82, 2.24) is 10.2 Å². The molecule has 3 fully saturated rings. The molecule has 3 aliphatic heterocycles. The molecule has 2 nitrogen and oxygen atoms in total. The molecule has 0 spiro atoms. The highest BCUT2D eigenvalue weighted by Gasteiger charge is 2.33. The van der Waals surface area contributed by atoms with Gasteiger partial charge in [-0.1, -0.05) is 54.6 Å². The predicted molar refractivity (Wildman–Crippen MR) is 91.7 cm³/mol. The Morgan fingerprint density at radius 2 is 1.55 bits per heavy atom. The second kappa shape index (κ2) is 6.23. The number of benzene rings is 2. The van der Waals surface area contributed by atoms with Crippen LogP contribution in [0, 0.1) is 5.92 Å². The fraction of sp³-hybridized carbons (Fsp3) is 0.400. The number of nitrogens with zero attached hydrogens (tertiary/aromatic N) is 1. The second-order valence-electron chi connectivity index (χ2n) is 6.69. The van der Waals surface area contributed by atoms with Gasteiger partial charge in [0.2, 0.25) is 0 Å². The quantitative estimate of drug-likeness (QED) is 0.927. The molecule has 2 bridgehead atoms. The topological polar surface area (TPSA) is 15.3 Å². The highest BCUT2D eigenvalue weighted by atomic mass is 15.2. The summed E-state index contributed by atoms with van der Waals surface area (Å²) in [5.74, 6) is 0.897. The van der Waals surface area contributed by atoms with Gasteiger partial charge in [-0.2, -0.15) is 0 Å². The molecular formula is C20H24N2. The van der Waals surface area contributed by atoms with Crippen LogP contribution in [0.3, 0.4) is 0 Å². The Hall–Kier alpha value is -1.64. The van der Waals surface area contributed by atoms with Gasteiger partial charge in [-0.3, -0.25) is 0 Å². The first-order valence-corrected chi connectivity index (χ1v) is 8.48. The molecule has 0 saturated carbocycles. The monoisotopic (exact) mass is 292 g/mol. The standard InChI is InChI=1S/C20H24N2/c1-2-4-17(5-3-1)18-8-6-16(7-9-18)14-21-20-15-22-12-10-19(20)11-13-22/h1-9,19-21H,10-15H2. The van der Waals surface area contributed by atoms with E-state index in [1.165, 1.54) is 49.2 Å². The molecule has 3 heterocycles. The first-order chi connectivity index (χ1) is 10.9. The number of hydrogen-bond acceptors (Lipinski definition) is 2. The average Bonchev–Trinajstić information content (AvgIpc) is 2.62. The Balaban J connectivity index is 1.38. The molecule has 3 aliphatic rings. The van der Waals surface area contributed by atoms with E-state index in [1.54, 1.807) is 0 Å². The third-order valence-electron chi connectivity index (χ3n) is 5.29. The Morgan fingerprint density at radius 1 is 0.864 bits per heavy atom. The highest BCUT2D eigenvalue weighted by Crippen LogP contribution is 2.27. The fourth-order valence-electron chi connectivity index (χ4n) is 3.89. The molecule has 0 aliphatic carbocycles. The number of hydrogen-bond donors (Lipinski definition) is 1. The molecule has 114 valence electrons. The summed E-state index contributed by atoms with van der Waals surface area (Å²) in [5.41, 5.74) is 3.97. The summed E-state index contributed by atoms with van der Waals surface area (Å²) in [5, 5.41) is 3.79. The second-order valence-corrected chi connectivity index (χ2v) is 6.69. The van der Waals surface area contributed by atoms with E-state index in [0.717, 1.165) is 12.5 Å². The van der Waals surface area contributed by atoms with E-state index < -0.39 is 0 Å². The lowest BCUT2D eigenvalue weighted by Crippen LogP contribution is -2.55. The smallest absolute Gasteiger partial charge is 0.0227 e. The van der Waals surface area contributed by atoms with Gasteiger partial charge in [0.1, 0.15) is 0 Å². The van der Waals surface area contributed by atoms with Gasteiger partial charge in [0.25, 0.3) is 0 Å². The van der Waals surface area contributed by atoms with Crippen molar-refractivity contribution in [3.8, 4) is 11.1 Å². The van der Waals surface area contributed by atoms with Crippen LogP contribution in [-0.4, -0.2) is 30.6 Å². The summed E-state index contributed by atoms with van der Waals surface area (Å²) >= 11 is 0. The van der Waals surface area contributed by atoms with Crippen LogP contribution in [0.1, 0.15) is 18.4 Å². The summed E-state index contributed by atoms with van der Waals surface area (Å²) in [6, 6.07) is 20.3. The maximum atomic E-state index is 3.79. The first-order valence-electron chi connectivity index (χ1n) is 8.48. The van der Waals surface area contributed by atoms with Crippen molar-refractivity contribution in [1.29, 1.82) is 0 Å². The summed E-state index contributed by atoms with van der Waals surface area (Å²) in [6.07, 6.45) is 2.76. The number of nitrogens with one attached hydrogen (secondary N) is 1. The van der Waals surface area contributed by atoms with E-state index in [4.69, 9.17) is 0 Å². The summed E-state index contributed by atoms with van der Waals surface area (Å²) in [7, 11) is 0. The van der Waals surface area contributed by atoms with Crippen LogP contribution in [-0.2, 0) is 6.54 Å². The molecule has 3 saturated heterocycles. The molecule has 0 amide bonds. The molecule has 1 N–H and O–H groups in total. The molecule has 2 heteroatoms. The lowest BCUT2D eigenvalue weighted by atomic mass is 9.84. The van der Waals surface area contributed by atoms with Gasteiger partial charge in [0.05, 0.1) is 0 Å². The predicted octanol–water partition coefficient (Wildman–Crippen LogP) is 3.54. The molecule has 2 aromatic carbocycles. The van der Waals surface area contributed by atoms with Crippen molar-refractivity contribution in [2.45, 2.75) is 25.4 Å². The molecule has 0 radical (unpaired) electrons. The molecule has 2 aromatic rings. The van der Waals surface area contributed by atoms with Crippen LogP contribution >= 0.6 is 0 Å². The third kappa shape index (κ3) is 2.94. The minimum Gasteiger partial charge on any atom is -0.308 e. The lowest BCUT2D eigenvalue weighted by molar-refractivity contribution is 0.0720.